The van der Waals surface area contributed by atoms with Gasteiger partial charge in [-0.05, 0) is 44.2 Å². The van der Waals surface area contributed by atoms with E-state index in [2.05, 4.69) is 15.3 Å². The minimum Gasteiger partial charge on any atom is -0.497 e. The fraction of sp³-hybridized carbons (Fsp3) is 0.294. The summed E-state index contributed by atoms with van der Waals surface area (Å²) in [7, 11) is 1.64. The molecular weight excluding hydrogens is 295 g/mol. The summed E-state index contributed by atoms with van der Waals surface area (Å²) in [4.78, 5) is 8.93. The van der Waals surface area contributed by atoms with Gasteiger partial charge in [-0.3, -0.25) is 4.40 Å². The molecule has 0 aliphatic heterocycles. The molecule has 120 valence electrons. The highest BCUT2D eigenvalue weighted by atomic mass is 19.1. The Morgan fingerprint density at radius 3 is 2.57 bits per heavy atom. The zero-order valence-electron chi connectivity index (χ0n) is 13.4. The van der Waals surface area contributed by atoms with Gasteiger partial charge in [0.25, 0.3) is 0 Å². The first-order chi connectivity index (χ1) is 10.9. The van der Waals surface area contributed by atoms with E-state index in [1.807, 2.05) is 41.1 Å². The van der Waals surface area contributed by atoms with E-state index in [0.717, 1.165) is 17.0 Å². The molecule has 1 aromatic carbocycles. The second-order valence-corrected chi connectivity index (χ2v) is 5.95. The fourth-order valence-electron chi connectivity index (χ4n) is 2.17. The van der Waals surface area contributed by atoms with Crippen molar-refractivity contribution in [1.29, 1.82) is 0 Å². The third kappa shape index (κ3) is 3.59. The Labute approximate surface area is 134 Å². The van der Waals surface area contributed by atoms with Gasteiger partial charge in [0.1, 0.15) is 17.2 Å². The number of ether oxygens (including phenoxy) is 1. The maximum atomic E-state index is 13.6. The van der Waals surface area contributed by atoms with E-state index >= 15 is 0 Å². The van der Waals surface area contributed by atoms with E-state index in [1.54, 1.807) is 13.2 Å². The van der Waals surface area contributed by atoms with E-state index in [-0.39, 0.29) is 6.54 Å². The Bertz CT molecular complexity index is 806. The summed E-state index contributed by atoms with van der Waals surface area (Å²) in [6.45, 7) is 3.24. The van der Waals surface area contributed by atoms with E-state index in [4.69, 9.17) is 4.74 Å². The lowest BCUT2D eigenvalue weighted by molar-refractivity contribution is 0.235. The van der Waals surface area contributed by atoms with E-state index < -0.39 is 5.67 Å². The Balaban J connectivity index is 1.86. The second-order valence-electron chi connectivity index (χ2n) is 5.95. The number of nitrogens with one attached hydrogen (secondary N) is 1. The van der Waals surface area contributed by atoms with E-state index in [1.165, 1.54) is 13.8 Å². The number of rotatable bonds is 5. The van der Waals surface area contributed by atoms with Gasteiger partial charge >= 0.3 is 0 Å². The van der Waals surface area contributed by atoms with Gasteiger partial charge in [-0.25, -0.2) is 9.37 Å². The SMILES string of the molecule is COc1ccc(-c2cn3ccc(NCC(C)(C)F)nc3n2)cc1. The van der Waals surface area contributed by atoms with E-state index in [9.17, 15) is 4.39 Å². The van der Waals surface area contributed by atoms with Gasteiger partial charge in [-0.15, -0.1) is 0 Å². The minimum absolute atomic E-state index is 0.197. The molecule has 0 radical (unpaired) electrons. The van der Waals surface area contributed by atoms with Gasteiger partial charge in [-0.1, -0.05) is 0 Å². The normalized spacial score (nSPS) is 11.7. The fourth-order valence-corrected chi connectivity index (χ4v) is 2.17. The molecule has 3 aromatic rings. The zero-order chi connectivity index (χ0) is 16.4. The van der Waals surface area contributed by atoms with Gasteiger partial charge < -0.3 is 10.1 Å². The van der Waals surface area contributed by atoms with Crippen molar-refractivity contribution in [2.45, 2.75) is 19.5 Å². The van der Waals surface area contributed by atoms with Crippen LogP contribution in [0, 0.1) is 0 Å². The Morgan fingerprint density at radius 1 is 1.17 bits per heavy atom. The molecule has 6 heteroatoms. The number of hydrogen-bond acceptors (Lipinski definition) is 4. The number of fused-ring (bicyclic) bond motifs is 1. The monoisotopic (exact) mass is 314 g/mol. The Morgan fingerprint density at radius 2 is 1.91 bits per heavy atom. The number of nitrogens with zero attached hydrogens (tertiary/aromatic N) is 3. The second kappa shape index (κ2) is 5.87. The maximum absolute atomic E-state index is 13.6. The molecule has 5 nitrogen and oxygen atoms in total. The van der Waals surface area contributed by atoms with Crippen molar-refractivity contribution in [2.75, 3.05) is 19.0 Å². The first kappa shape index (κ1) is 15.3. The van der Waals surface area contributed by atoms with Crippen LogP contribution in [0.5, 0.6) is 5.75 Å². The predicted octanol–water partition coefficient (Wildman–Crippen LogP) is 3.56. The molecule has 0 aliphatic carbocycles. The lowest BCUT2D eigenvalue weighted by Crippen LogP contribution is -2.24. The first-order valence-corrected chi connectivity index (χ1v) is 7.37. The molecular formula is C17H19FN4O. The summed E-state index contributed by atoms with van der Waals surface area (Å²) in [6, 6.07) is 9.49. The number of alkyl halides is 1. The lowest BCUT2D eigenvalue weighted by Gasteiger charge is -2.15. The minimum atomic E-state index is -1.29. The van der Waals surface area contributed by atoms with Crippen molar-refractivity contribution in [3.8, 4) is 17.0 Å². The van der Waals surface area contributed by atoms with Gasteiger partial charge in [0.05, 0.1) is 12.8 Å². The molecule has 0 spiro atoms. The lowest BCUT2D eigenvalue weighted by atomic mass is 10.2. The predicted molar refractivity (Wildman–Crippen MR) is 88.7 cm³/mol. The molecule has 0 aliphatic rings. The summed E-state index contributed by atoms with van der Waals surface area (Å²) >= 11 is 0. The average molecular weight is 314 g/mol. The Hall–Kier alpha value is -2.63. The van der Waals surface area contributed by atoms with Crippen LogP contribution in [0.25, 0.3) is 17.0 Å². The molecule has 0 unspecified atom stereocenters. The quantitative estimate of drug-likeness (QED) is 0.782. The molecule has 0 saturated heterocycles. The van der Waals surface area contributed by atoms with Gasteiger partial charge in [0.15, 0.2) is 0 Å². The third-order valence-electron chi connectivity index (χ3n) is 3.40. The van der Waals surface area contributed by atoms with Gasteiger partial charge in [0.2, 0.25) is 5.78 Å². The molecule has 2 heterocycles. The third-order valence-corrected chi connectivity index (χ3v) is 3.40. The number of imidazole rings is 1. The van der Waals surface area contributed by atoms with Crippen molar-refractivity contribution < 1.29 is 9.13 Å². The topological polar surface area (TPSA) is 51.5 Å². The van der Waals surface area contributed by atoms with Crippen molar-refractivity contribution in [1.82, 2.24) is 14.4 Å². The molecule has 1 N–H and O–H groups in total. The van der Waals surface area contributed by atoms with Crippen molar-refractivity contribution in [2.24, 2.45) is 0 Å². The molecule has 3 rings (SSSR count). The van der Waals surface area contributed by atoms with Gasteiger partial charge in [0, 0.05) is 24.5 Å². The highest BCUT2D eigenvalue weighted by Crippen LogP contribution is 2.22. The highest BCUT2D eigenvalue weighted by Gasteiger charge is 2.15. The summed E-state index contributed by atoms with van der Waals surface area (Å²) in [6.07, 6.45) is 3.77. The number of benzene rings is 1. The molecule has 0 bridgehead atoms. The summed E-state index contributed by atoms with van der Waals surface area (Å²) in [5.74, 6) is 1.98. The summed E-state index contributed by atoms with van der Waals surface area (Å²) in [5.41, 5.74) is 0.510. The maximum Gasteiger partial charge on any atom is 0.236 e. The molecule has 23 heavy (non-hydrogen) atoms. The van der Waals surface area contributed by atoms with Crippen LogP contribution in [-0.4, -0.2) is 33.7 Å². The van der Waals surface area contributed by atoms with Crippen LogP contribution in [0.4, 0.5) is 10.2 Å². The van der Waals surface area contributed by atoms with Gasteiger partial charge in [-0.2, -0.15) is 4.98 Å². The molecule has 0 atom stereocenters. The van der Waals surface area contributed by atoms with E-state index in [0.29, 0.717) is 11.6 Å². The number of hydrogen-bond donors (Lipinski definition) is 1. The van der Waals surface area contributed by atoms with Crippen LogP contribution in [0.1, 0.15) is 13.8 Å². The molecule has 0 fully saturated rings. The van der Waals surface area contributed by atoms with Crippen molar-refractivity contribution >= 4 is 11.6 Å². The number of anilines is 1. The van der Waals surface area contributed by atoms with Crippen LogP contribution in [0.3, 0.4) is 0 Å². The molecule has 0 saturated carbocycles. The summed E-state index contributed by atoms with van der Waals surface area (Å²) < 4.78 is 20.6. The number of aromatic nitrogens is 3. The highest BCUT2D eigenvalue weighted by molar-refractivity contribution is 5.62. The molecule has 2 aromatic heterocycles. The van der Waals surface area contributed by atoms with Crippen LogP contribution < -0.4 is 10.1 Å². The largest absolute Gasteiger partial charge is 0.497 e. The standard InChI is InChI=1S/C17H19FN4O/c1-17(2,18)11-19-15-8-9-22-10-14(20-16(22)21-15)12-4-6-13(23-3)7-5-12/h4-10H,11H2,1-3H3,(H,19,20,21). The summed E-state index contributed by atoms with van der Waals surface area (Å²) in [5, 5.41) is 2.98. The van der Waals surface area contributed by atoms with Crippen molar-refractivity contribution in [3.63, 3.8) is 0 Å². The smallest absolute Gasteiger partial charge is 0.236 e. The number of methoxy groups -OCH3 is 1. The van der Waals surface area contributed by atoms with Crippen molar-refractivity contribution in [3.05, 3.63) is 42.7 Å². The molecule has 0 amide bonds. The zero-order valence-corrected chi connectivity index (χ0v) is 13.4. The Kier molecular flexibility index (Phi) is 3.90. The van der Waals surface area contributed by atoms with Crippen LogP contribution in [0.15, 0.2) is 42.7 Å². The van der Waals surface area contributed by atoms with Crippen LogP contribution >= 0.6 is 0 Å². The average Bonchev–Trinajstić information content (AvgIpc) is 2.95. The first-order valence-electron chi connectivity index (χ1n) is 7.37. The number of halogens is 1. The van der Waals surface area contributed by atoms with Crippen LogP contribution in [0.2, 0.25) is 0 Å². The van der Waals surface area contributed by atoms with Crippen LogP contribution in [-0.2, 0) is 0 Å².